The van der Waals surface area contributed by atoms with Crippen LogP contribution < -0.4 is 5.32 Å². The predicted octanol–water partition coefficient (Wildman–Crippen LogP) is 1.68. The number of hydrogen-bond acceptors (Lipinski definition) is 4. The maximum Gasteiger partial charge on any atom is 0.269 e. The molecule has 0 radical (unpaired) electrons. The summed E-state index contributed by atoms with van der Waals surface area (Å²) in [4.78, 5) is 14.7. The van der Waals surface area contributed by atoms with Crippen LogP contribution in [0.3, 0.4) is 0 Å². The Hall–Kier alpha value is -2.25. The molecule has 0 spiro atoms. The second-order valence-corrected chi connectivity index (χ2v) is 6.11. The van der Waals surface area contributed by atoms with Crippen LogP contribution in [-0.2, 0) is 11.8 Å². The van der Waals surface area contributed by atoms with Gasteiger partial charge in [0, 0.05) is 32.2 Å². The maximum absolute atomic E-state index is 13.0. The van der Waals surface area contributed by atoms with Gasteiger partial charge in [0.05, 0.1) is 18.9 Å². The van der Waals surface area contributed by atoms with Gasteiger partial charge in [0.1, 0.15) is 11.5 Å². The number of carbonyl (C=O) groups is 1. The minimum atomic E-state index is -0.294. The van der Waals surface area contributed by atoms with Crippen molar-refractivity contribution >= 4 is 5.91 Å². The van der Waals surface area contributed by atoms with E-state index in [-0.39, 0.29) is 11.7 Å². The number of halogens is 1. The summed E-state index contributed by atoms with van der Waals surface area (Å²) in [7, 11) is 1.73. The average Bonchev–Trinajstić information content (AvgIpc) is 3.02. The summed E-state index contributed by atoms with van der Waals surface area (Å²) in [5.74, 6) is -0.441. The Morgan fingerprint density at radius 3 is 2.72 bits per heavy atom. The van der Waals surface area contributed by atoms with Gasteiger partial charge < -0.3 is 10.1 Å². The Morgan fingerprint density at radius 2 is 2.00 bits per heavy atom. The van der Waals surface area contributed by atoms with Crippen LogP contribution in [0.1, 0.15) is 16.9 Å². The summed E-state index contributed by atoms with van der Waals surface area (Å²) in [5, 5.41) is 7.28. The maximum atomic E-state index is 13.0. The van der Waals surface area contributed by atoms with Crippen LogP contribution in [0, 0.1) is 5.82 Å². The van der Waals surface area contributed by atoms with Crippen LogP contribution in [0.4, 0.5) is 4.39 Å². The summed E-state index contributed by atoms with van der Waals surface area (Å²) in [5.41, 5.74) is 1.93. The fraction of sp³-hybridized carbons (Fsp3) is 0.444. The van der Waals surface area contributed by atoms with Crippen molar-refractivity contribution in [3.8, 4) is 11.3 Å². The van der Waals surface area contributed by atoms with E-state index in [2.05, 4.69) is 15.3 Å². The highest BCUT2D eigenvalue weighted by molar-refractivity contribution is 5.93. The molecule has 2 heterocycles. The van der Waals surface area contributed by atoms with E-state index in [4.69, 9.17) is 4.74 Å². The fourth-order valence-corrected chi connectivity index (χ4v) is 2.86. The number of aromatic nitrogens is 2. The molecular weight excluding hydrogens is 323 g/mol. The molecule has 7 heteroatoms. The number of nitrogens with one attached hydrogen (secondary N) is 1. The zero-order valence-corrected chi connectivity index (χ0v) is 14.4. The van der Waals surface area contributed by atoms with Crippen LogP contribution in [0.5, 0.6) is 0 Å². The molecule has 0 unspecified atom stereocenters. The molecule has 1 fully saturated rings. The Bertz CT molecular complexity index is 708. The standard InChI is InChI=1S/C18H23FN4O2/c1-22-17(13-16(21-22)14-3-5-15(19)6-4-14)18(24)20-7-2-8-23-9-11-25-12-10-23/h3-6,13H,2,7-12H2,1H3,(H,20,24). The highest BCUT2D eigenvalue weighted by atomic mass is 19.1. The predicted molar refractivity (Wildman–Crippen MR) is 92.8 cm³/mol. The molecule has 2 aromatic rings. The molecule has 134 valence electrons. The van der Waals surface area contributed by atoms with E-state index < -0.39 is 0 Å². The number of benzene rings is 1. The monoisotopic (exact) mass is 346 g/mol. The van der Waals surface area contributed by atoms with Crippen LogP contribution in [0.15, 0.2) is 30.3 Å². The first-order valence-electron chi connectivity index (χ1n) is 8.52. The molecule has 1 saturated heterocycles. The SMILES string of the molecule is Cn1nc(-c2ccc(F)cc2)cc1C(=O)NCCCN1CCOCC1. The van der Waals surface area contributed by atoms with E-state index in [1.54, 1.807) is 29.9 Å². The van der Waals surface area contributed by atoms with Gasteiger partial charge in [-0.3, -0.25) is 14.4 Å². The second-order valence-electron chi connectivity index (χ2n) is 6.11. The molecule has 1 N–H and O–H groups in total. The first-order chi connectivity index (χ1) is 12.1. The van der Waals surface area contributed by atoms with Crippen molar-refractivity contribution in [2.45, 2.75) is 6.42 Å². The van der Waals surface area contributed by atoms with Crippen molar-refractivity contribution in [2.24, 2.45) is 7.05 Å². The van der Waals surface area contributed by atoms with Gasteiger partial charge in [-0.1, -0.05) is 0 Å². The van der Waals surface area contributed by atoms with E-state index in [0.29, 0.717) is 17.9 Å². The highest BCUT2D eigenvalue weighted by Crippen LogP contribution is 2.19. The third-order valence-electron chi connectivity index (χ3n) is 4.29. The van der Waals surface area contributed by atoms with Gasteiger partial charge in [-0.2, -0.15) is 5.10 Å². The van der Waals surface area contributed by atoms with Gasteiger partial charge in [-0.15, -0.1) is 0 Å². The molecule has 3 rings (SSSR count). The van der Waals surface area contributed by atoms with Gasteiger partial charge in [-0.05, 0) is 43.3 Å². The molecule has 1 aliphatic rings. The van der Waals surface area contributed by atoms with Gasteiger partial charge in [0.15, 0.2) is 0 Å². The first-order valence-corrected chi connectivity index (χ1v) is 8.52. The molecule has 1 amide bonds. The zero-order valence-electron chi connectivity index (χ0n) is 14.4. The lowest BCUT2D eigenvalue weighted by Crippen LogP contribution is -2.38. The van der Waals surface area contributed by atoms with E-state index >= 15 is 0 Å². The second kappa shape index (κ2) is 8.22. The van der Waals surface area contributed by atoms with Crippen molar-refractivity contribution in [2.75, 3.05) is 39.4 Å². The number of morpholine rings is 1. The molecule has 0 aliphatic carbocycles. The Kier molecular flexibility index (Phi) is 5.78. The summed E-state index contributed by atoms with van der Waals surface area (Å²) in [6.07, 6.45) is 0.897. The number of amides is 1. The third-order valence-corrected chi connectivity index (χ3v) is 4.29. The molecule has 0 bridgehead atoms. The average molecular weight is 346 g/mol. The van der Waals surface area contributed by atoms with E-state index in [0.717, 1.165) is 44.8 Å². The Balaban J connectivity index is 1.52. The highest BCUT2D eigenvalue weighted by Gasteiger charge is 2.14. The lowest BCUT2D eigenvalue weighted by molar-refractivity contribution is 0.0374. The van der Waals surface area contributed by atoms with Crippen molar-refractivity contribution in [1.82, 2.24) is 20.0 Å². The van der Waals surface area contributed by atoms with E-state index in [1.165, 1.54) is 12.1 Å². The summed E-state index contributed by atoms with van der Waals surface area (Å²) >= 11 is 0. The summed E-state index contributed by atoms with van der Waals surface area (Å²) in [6.45, 7) is 5.05. The van der Waals surface area contributed by atoms with Gasteiger partial charge in [-0.25, -0.2) is 4.39 Å². The molecule has 0 saturated carbocycles. The zero-order chi connectivity index (χ0) is 17.6. The van der Waals surface area contributed by atoms with Gasteiger partial charge >= 0.3 is 0 Å². The molecular formula is C18H23FN4O2. The fourth-order valence-electron chi connectivity index (χ4n) is 2.86. The normalized spacial score (nSPS) is 15.3. The Morgan fingerprint density at radius 1 is 1.28 bits per heavy atom. The van der Waals surface area contributed by atoms with Gasteiger partial charge in [0.25, 0.3) is 5.91 Å². The van der Waals surface area contributed by atoms with E-state index in [9.17, 15) is 9.18 Å². The topological polar surface area (TPSA) is 59.4 Å². The quantitative estimate of drug-likeness (QED) is 0.809. The van der Waals surface area contributed by atoms with Crippen molar-refractivity contribution in [1.29, 1.82) is 0 Å². The van der Waals surface area contributed by atoms with Crippen LogP contribution in [0.25, 0.3) is 11.3 Å². The van der Waals surface area contributed by atoms with Crippen molar-refractivity contribution < 1.29 is 13.9 Å². The van der Waals surface area contributed by atoms with Crippen molar-refractivity contribution in [3.63, 3.8) is 0 Å². The van der Waals surface area contributed by atoms with Gasteiger partial charge in [0.2, 0.25) is 0 Å². The van der Waals surface area contributed by atoms with E-state index in [1.807, 2.05) is 0 Å². The number of carbonyl (C=O) groups excluding carboxylic acids is 1. The van der Waals surface area contributed by atoms with Crippen LogP contribution in [-0.4, -0.2) is 60.0 Å². The molecule has 1 aromatic heterocycles. The molecule has 25 heavy (non-hydrogen) atoms. The number of rotatable bonds is 6. The first kappa shape index (κ1) is 17.6. The smallest absolute Gasteiger partial charge is 0.269 e. The Labute approximate surface area is 146 Å². The number of aryl methyl sites for hydroxylation is 1. The minimum Gasteiger partial charge on any atom is -0.379 e. The number of ether oxygens (including phenoxy) is 1. The minimum absolute atomic E-state index is 0.148. The molecule has 0 atom stereocenters. The summed E-state index contributed by atoms with van der Waals surface area (Å²) in [6, 6.07) is 7.80. The number of nitrogens with zero attached hydrogens (tertiary/aromatic N) is 3. The number of hydrogen-bond donors (Lipinski definition) is 1. The third kappa shape index (κ3) is 4.64. The lowest BCUT2D eigenvalue weighted by Gasteiger charge is -2.26. The lowest BCUT2D eigenvalue weighted by atomic mass is 10.1. The van der Waals surface area contributed by atoms with Crippen molar-refractivity contribution in [3.05, 3.63) is 41.8 Å². The molecule has 1 aromatic carbocycles. The molecule has 6 nitrogen and oxygen atoms in total. The van der Waals surface area contributed by atoms with Crippen LogP contribution in [0.2, 0.25) is 0 Å². The summed E-state index contributed by atoms with van der Waals surface area (Å²) < 4.78 is 19.9. The molecule has 1 aliphatic heterocycles. The van der Waals surface area contributed by atoms with Crippen LogP contribution >= 0.6 is 0 Å². The largest absolute Gasteiger partial charge is 0.379 e.